The van der Waals surface area contributed by atoms with Crippen LogP contribution in [0.3, 0.4) is 0 Å². The van der Waals surface area contributed by atoms with Gasteiger partial charge in [-0.1, -0.05) is 17.7 Å². The Hall–Kier alpha value is -0.930. The zero-order valence-electron chi connectivity index (χ0n) is 7.77. The van der Waals surface area contributed by atoms with Gasteiger partial charge >= 0.3 is 0 Å². The molecular weight excluding hydrogens is 223 g/mol. The maximum absolute atomic E-state index is 9.48. The predicted molar refractivity (Wildman–Crippen MR) is 59.2 cm³/mol. The summed E-state index contributed by atoms with van der Waals surface area (Å²) in [5.41, 5.74) is 1.08. The molecular formula is C9H12Cl2N2O. The summed E-state index contributed by atoms with van der Waals surface area (Å²) in [6.07, 6.45) is 1.65. The highest BCUT2D eigenvalue weighted by Crippen LogP contribution is 2.05. The molecule has 0 radical (unpaired) electrons. The predicted octanol–water partition coefficient (Wildman–Crippen LogP) is 2.20. The van der Waals surface area contributed by atoms with Crippen LogP contribution in [0.1, 0.15) is 5.69 Å². The van der Waals surface area contributed by atoms with E-state index < -0.39 is 0 Å². The zero-order valence-corrected chi connectivity index (χ0v) is 9.35. The van der Waals surface area contributed by atoms with E-state index in [0.29, 0.717) is 22.7 Å². The number of halogens is 2. The second kappa shape index (κ2) is 5.73. The lowest BCUT2D eigenvalue weighted by Crippen LogP contribution is -2.20. The molecule has 0 aromatic carbocycles. The first-order chi connectivity index (χ1) is 6.15. The minimum Gasteiger partial charge on any atom is -0.427 e. The lowest BCUT2D eigenvalue weighted by atomic mass is 10.4. The lowest BCUT2D eigenvalue weighted by molar-refractivity contribution is 0.165. The highest BCUT2D eigenvalue weighted by atomic mass is 35.5. The van der Waals surface area contributed by atoms with Crippen LogP contribution >= 0.6 is 24.0 Å². The van der Waals surface area contributed by atoms with Crippen molar-refractivity contribution in [3.05, 3.63) is 41.0 Å². The van der Waals surface area contributed by atoms with Crippen molar-refractivity contribution >= 4 is 24.0 Å². The van der Waals surface area contributed by atoms with Crippen LogP contribution in [0.4, 0.5) is 0 Å². The summed E-state index contributed by atoms with van der Waals surface area (Å²) in [4.78, 5) is 4.06. The number of rotatable bonds is 2. The highest BCUT2D eigenvalue weighted by molar-refractivity contribution is 6.30. The summed E-state index contributed by atoms with van der Waals surface area (Å²) in [5.74, 6) is 0. The van der Waals surface area contributed by atoms with Gasteiger partial charge in [-0.25, -0.2) is 0 Å². The van der Waals surface area contributed by atoms with E-state index in [1.165, 1.54) is 0 Å². The fourth-order valence-electron chi connectivity index (χ4n) is 0.938. The van der Waals surface area contributed by atoms with E-state index in [-0.39, 0.29) is 12.4 Å². The smallest absolute Gasteiger partial charge is 0.165 e. The third-order valence-corrected chi connectivity index (χ3v) is 1.77. The van der Waals surface area contributed by atoms with E-state index in [1.54, 1.807) is 25.1 Å². The Labute approximate surface area is 93.7 Å². The fourth-order valence-corrected chi connectivity index (χ4v) is 1.19. The van der Waals surface area contributed by atoms with Crippen molar-refractivity contribution in [3.8, 4) is 0 Å². The standard InChI is InChI=1S/C9H11ClN2O.ClH/c1-3-4-11-9-6-8(10)5-7(2)12(9)13;/h3,5-6,13H,1,4H2,2H3;1H. The molecule has 3 nitrogen and oxygen atoms in total. The number of nitrogens with zero attached hydrogens (tertiary/aromatic N) is 2. The molecule has 0 unspecified atom stereocenters. The van der Waals surface area contributed by atoms with Gasteiger partial charge in [-0.15, -0.1) is 19.0 Å². The summed E-state index contributed by atoms with van der Waals surface area (Å²) in [5, 5.41) is 10.0. The van der Waals surface area contributed by atoms with E-state index in [4.69, 9.17) is 11.6 Å². The van der Waals surface area contributed by atoms with Crippen molar-refractivity contribution in [2.75, 3.05) is 6.54 Å². The molecule has 0 atom stereocenters. The first kappa shape index (κ1) is 13.1. The largest absolute Gasteiger partial charge is 0.427 e. The molecule has 1 aromatic rings. The molecule has 1 aromatic heterocycles. The zero-order chi connectivity index (χ0) is 9.84. The maximum atomic E-state index is 9.48. The van der Waals surface area contributed by atoms with Gasteiger partial charge in [0, 0.05) is 11.1 Å². The summed E-state index contributed by atoms with van der Waals surface area (Å²) in [6, 6.07) is 3.26. The Morgan fingerprint density at radius 1 is 1.64 bits per heavy atom. The number of hydrogen-bond acceptors (Lipinski definition) is 2. The molecule has 5 heteroatoms. The van der Waals surface area contributed by atoms with Crippen molar-refractivity contribution in [2.24, 2.45) is 4.99 Å². The van der Waals surface area contributed by atoms with E-state index in [1.807, 2.05) is 0 Å². The van der Waals surface area contributed by atoms with Crippen molar-refractivity contribution in [1.82, 2.24) is 4.73 Å². The number of pyridine rings is 1. The van der Waals surface area contributed by atoms with Crippen LogP contribution in [0, 0.1) is 6.92 Å². The molecule has 0 amide bonds. The lowest BCUT2D eigenvalue weighted by Gasteiger charge is -2.03. The number of aromatic nitrogens is 1. The molecule has 0 saturated carbocycles. The van der Waals surface area contributed by atoms with Crippen LogP contribution in [0.5, 0.6) is 0 Å². The Balaban J connectivity index is 0.00000169. The fraction of sp³-hybridized carbons (Fsp3) is 0.222. The van der Waals surface area contributed by atoms with E-state index in [2.05, 4.69) is 11.6 Å². The average molecular weight is 235 g/mol. The van der Waals surface area contributed by atoms with Crippen LogP contribution in [-0.4, -0.2) is 16.5 Å². The summed E-state index contributed by atoms with van der Waals surface area (Å²) < 4.78 is 0.995. The van der Waals surface area contributed by atoms with Gasteiger partial charge in [-0.3, -0.25) is 4.99 Å². The first-order valence-corrected chi connectivity index (χ1v) is 4.23. The second-order valence-electron chi connectivity index (χ2n) is 2.61. The van der Waals surface area contributed by atoms with E-state index in [9.17, 15) is 5.21 Å². The molecule has 0 spiro atoms. The number of hydrogen-bond donors (Lipinski definition) is 1. The van der Waals surface area contributed by atoms with Crippen LogP contribution in [0.2, 0.25) is 5.02 Å². The Morgan fingerprint density at radius 2 is 2.29 bits per heavy atom. The van der Waals surface area contributed by atoms with Gasteiger partial charge in [0.05, 0.1) is 12.2 Å². The molecule has 0 bridgehead atoms. The van der Waals surface area contributed by atoms with Gasteiger partial charge in [0.1, 0.15) is 0 Å². The van der Waals surface area contributed by atoms with Gasteiger partial charge < -0.3 is 5.21 Å². The van der Waals surface area contributed by atoms with Gasteiger partial charge in [-0.05, 0) is 13.0 Å². The SMILES string of the molecule is C=CCN=c1cc(Cl)cc(C)n1O.Cl. The average Bonchev–Trinajstić information content (AvgIpc) is 2.09. The molecule has 1 N–H and O–H groups in total. The number of aryl methyl sites for hydroxylation is 1. The van der Waals surface area contributed by atoms with Crippen molar-refractivity contribution in [1.29, 1.82) is 0 Å². The van der Waals surface area contributed by atoms with E-state index >= 15 is 0 Å². The third-order valence-electron chi connectivity index (χ3n) is 1.55. The molecule has 0 saturated heterocycles. The minimum atomic E-state index is 0. The molecule has 0 aliphatic heterocycles. The van der Waals surface area contributed by atoms with Crippen LogP contribution in [0.25, 0.3) is 0 Å². The van der Waals surface area contributed by atoms with Crippen molar-refractivity contribution in [3.63, 3.8) is 0 Å². The molecule has 0 aliphatic rings. The summed E-state index contributed by atoms with van der Waals surface area (Å²) >= 11 is 5.79. The Kier molecular flexibility index (Phi) is 5.35. The topological polar surface area (TPSA) is 37.5 Å². The summed E-state index contributed by atoms with van der Waals surface area (Å²) in [6.45, 7) is 5.74. The Morgan fingerprint density at radius 3 is 2.86 bits per heavy atom. The third kappa shape index (κ3) is 3.09. The molecule has 0 aliphatic carbocycles. The molecule has 78 valence electrons. The van der Waals surface area contributed by atoms with Crippen LogP contribution < -0.4 is 5.49 Å². The molecule has 1 rings (SSSR count). The van der Waals surface area contributed by atoms with Gasteiger partial charge in [-0.2, -0.15) is 4.73 Å². The van der Waals surface area contributed by atoms with Crippen molar-refractivity contribution < 1.29 is 5.21 Å². The van der Waals surface area contributed by atoms with Gasteiger partial charge in [0.2, 0.25) is 0 Å². The quantitative estimate of drug-likeness (QED) is 0.619. The Bertz CT molecular complexity index is 385. The molecule has 14 heavy (non-hydrogen) atoms. The van der Waals surface area contributed by atoms with Gasteiger partial charge in [0.15, 0.2) is 5.49 Å². The summed E-state index contributed by atoms with van der Waals surface area (Å²) in [7, 11) is 0. The normalized spacial score (nSPS) is 10.9. The monoisotopic (exact) mass is 234 g/mol. The molecule has 1 heterocycles. The maximum Gasteiger partial charge on any atom is 0.165 e. The first-order valence-electron chi connectivity index (χ1n) is 3.85. The molecule has 0 fully saturated rings. The van der Waals surface area contributed by atoms with E-state index in [0.717, 1.165) is 4.73 Å². The van der Waals surface area contributed by atoms with Crippen LogP contribution in [0.15, 0.2) is 29.8 Å². The van der Waals surface area contributed by atoms with Crippen LogP contribution in [-0.2, 0) is 0 Å². The van der Waals surface area contributed by atoms with Crippen molar-refractivity contribution in [2.45, 2.75) is 6.92 Å². The second-order valence-corrected chi connectivity index (χ2v) is 3.05. The van der Waals surface area contributed by atoms with Gasteiger partial charge in [0.25, 0.3) is 0 Å². The highest BCUT2D eigenvalue weighted by Gasteiger charge is 1.97. The minimum absolute atomic E-state index is 0.